The van der Waals surface area contributed by atoms with E-state index in [0.717, 1.165) is 18.4 Å². The van der Waals surface area contributed by atoms with E-state index in [1.807, 2.05) is 37.3 Å². The molecule has 0 aliphatic heterocycles. The van der Waals surface area contributed by atoms with Crippen LogP contribution in [0.1, 0.15) is 37.8 Å². The number of hydrogen-bond donors (Lipinski definition) is 1. The van der Waals surface area contributed by atoms with E-state index in [-0.39, 0.29) is 11.9 Å². The molecular weight excluding hydrogens is 238 g/mol. The van der Waals surface area contributed by atoms with Crippen LogP contribution in [-0.2, 0) is 4.79 Å². The van der Waals surface area contributed by atoms with Gasteiger partial charge in [0.15, 0.2) is 0 Å². The van der Waals surface area contributed by atoms with Gasteiger partial charge in [-0.15, -0.1) is 0 Å². The van der Waals surface area contributed by atoms with Gasteiger partial charge in [0.05, 0.1) is 6.04 Å². The third kappa shape index (κ3) is 3.44. The minimum absolute atomic E-state index is 0.0117. The fourth-order valence-corrected chi connectivity index (χ4v) is 2.54. The van der Waals surface area contributed by atoms with Gasteiger partial charge >= 0.3 is 0 Å². The van der Waals surface area contributed by atoms with Crippen LogP contribution in [0.15, 0.2) is 42.0 Å². The molecule has 1 aliphatic carbocycles. The van der Waals surface area contributed by atoms with Crippen molar-refractivity contribution >= 4 is 5.91 Å². The number of nitrogens with zero attached hydrogens (tertiary/aromatic N) is 1. The van der Waals surface area contributed by atoms with Gasteiger partial charge < -0.3 is 10.0 Å². The number of hydrogen-bond acceptors (Lipinski definition) is 2. The number of allylic oxidation sites excluding steroid dienone is 1. The van der Waals surface area contributed by atoms with Gasteiger partial charge in [0, 0.05) is 6.54 Å². The fourth-order valence-electron chi connectivity index (χ4n) is 2.54. The molecule has 1 N–H and O–H groups in total. The van der Waals surface area contributed by atoms with Gasteiger partial charge in [-0.05, 0) is 31.7 Å². The van der Waals surface area contributed by atoms with E-state index in [4.69, 9.17) is 5.11 Å². The predicted octanol–water partition coefficient (Wildman–Crippen LogP) is 2.68. The zero-order chi connectivity index (χ0) is 13.7. The summed E-state index contributed by atoms with van der Waals surface area (Å²) in [4.78, 5) is 13.7. The number of carbonyl (C=O) groups is 1. The molecule has 0 bridgehead atoms. The van der Waals surface area contributed by atoms with Crippen LogP contribution in [0, 0.1) is 0 Å². The number of aliphatic hydroxyl groups is 1. The predicted molar refractivity (Wildman–Crippen MR) is 75.6 cm³/mol. The molecule has 0 unspecified atom stereocenters. The van der Waals surface area contributed by atoms with E-state index in [2.05, 4.69) is 6.08 Å². The summed E-state index contributed by atoms with van der Waals surface area (Å²) < 4.78 is 0. The summed E-state index contributed by atoms with van der Waals surface area (Å²) >= 11 is 0. The van der Waals surface area contributed by atoms with Crippen molar-refractivity contribution in [1.82, 2.24) is 4.90 Å². The molecule has 1 aromatic rings. The maximum absolute atomic E-state index is 12.0. The van der Waals surface area contributed by atoms with E-state index in [9.17, 15) is 4.79 Å². The van der Waals surface area contributed by atoms with Crippen LogP contribution in [0.4, 0.5) is 0 Å². The topological polar surface area (TPSA) is 40.5 Å². The van der Waals surface area contributed by atoms with Gasteiger partial charge in [0.25, 0.3) is 0 Å². The summed E-state index contributed by atoms with van der Waals surface area (Å²) in [6.45, 7) is 2.22. The fraction of sp³-hybridized carbons (Fsp3) is 0.438. The Morgan fingerprint density at radius 2 is 2.11 bits per heavy atom. The van der Waals surface area contributed by atoms with E-state index < -0.39 is 6.61 Å². The number of carbonyl (C=O) groups excluding carboxylic acids is 1. The van der Waals surface area contributed by atoms with E-state index in [1.54, 1.807) is 4.90 Å². The van der Waals surface area contributed by atoms with Crippen LogP contribution in [0.5, 0.6) is 0 Å². The Labute approximate surface area is 114 Å². The molecule has 2 rings (SSSR count). The van der Waals surface area contributed by atoms with Gasteiger partial charge in [-0.25, -0.2) is 0 Å². The molecule has 3 heteroatoms. The molecular formula is C16H21NO2. The third-order valence-electron chi connectivity index (χ3n) is 3.71. The van der Waals surface area contributed by atoms with Crippen molar-refractivity contribution in [3.63, 3.8) is 0 Å². The minimum atomic E-state index is -0.426. The second-order valence-electron chi connectivity index (χ2n) is 5.02. The molecule has 1 amide bonds. The zero-order valence-corrected chi connectivity index (χ0v) is 11.4. The molecule has 0 radical (unpaired) electrons. The van der Waals surface area contributed by atoms with Crippen molar-refractivity contribution in [2.45, 2.75) is 32.2 Å². The standard InChI is InChI=1S/C16H21NO2/c1-13(15-9-3-2-4-10-15)17(16(19)12-18)11-14-7-5-6-8-14/h2-4,7,9-10,13,18H,5-6,8,11-12H2,1H3/t13-/m1/s1. The summed E-state index contributed by atoms with van der Waals surface area (Å²) in [6, 6.07) is 9.94. The molecule has 1 aliphatic rings. The van der Waals surface area contributed by atoms with Crippen molar-refractivity contribution in [2.75, 3.05) is 13.2 Å². The third-order valence-corrected chi connectivity index (χ3v) is 3.71. The first-order valence-electron chi connectivity index (χ1n) is 6.85. The van der Waals surface area contributed by atoms with Gasteiger partial charge in [-0.3, -0.25) is 4.79 Å². The summed E-state index contributed by atoms with van der Waals surface area (Å²) in [5.41, 5.74) is 2.41. The Kier molecular flexibility index (Phi) is 4.74. The molecule has 3 nitrogen and oxygen atoms in total. The van der Waals surface area contributed by atoms with Crippen LogP contribution < -0.4 is 0 Å². The molecule has 1 atom stereocenters. The lowest BCUT2D eigenvalue weighted by Gasteiger charge is -2.29. The van der Waals surface area contributed by atoms with E-state index in [0.29, 0.717) is 6.54 Å². The lowest BCUT2D eigenvalue weighted by molar-refractivity contribution is -0.135. The first-order valence-corrected chi connectivity index (χ1v) is 6.85. The highest BCUT2D eigenvalue weighted by Crippen LogP contribution is 2.25. The van der Waals surface area contributed by atoms with Crippen molar-refractivity contribution in [3.05, 3.63) is 47.5 Å². The van der Waals surface area contributed by atoms with E-state index >= 15 is 0 Å². The van der Waals surface area contributed by atoms with Crippen molar-refractivity contribution in [2.24, 2.45) is 0 Å². The first-order chi connectivity index (χ1) is 9.22. The van der Waals surface area contributed by atoms with Gasteiger partial charge in [0.2, 0.25) is 5.91 Å². The summed E-state index contributed by atoms with van der Waals surface area (Å²) in [7, 11) is 0. The van der Waals surface area contributed by atoms with Crippen molar-refractivity contribution in [3.8, 4) is 0 Å². The number of benzene rings is 1. The molecule has 0 aromatic heterocycles. The zero-order valence-electron chi connectivity index (χ0n) is 11.4. The second kappa shape index (κ2) is 6.53. The smallest absolute Gasteiger partial charge is 0.249 e. The van der Waals surface area contributed by atoms with Crippen LogP contribution in [0.25, 0.3) is 0 Å². The lowest BCUT2D eigenvalue weighted by Crippen LogP contribution is -2.37. The van der Waals surface area contributed by atoms with Crippen molar-refractivity contribution in [1.29, 1.82) is 0 Å². The quantitative estimate of drug-likeness (QED) is 0.826. The average molecular weight is 259 g/mol. The number of aliphatic hydroxyl groups excluding tert-OH is 1. The Bertz CT molecular complexity index is 453. The largest absolute Gasteiger partial charge is 0.387 e. The highest BCUT2D eigenvalue weighted by molar-refractivity contribution is 5.78. The Hall–Kier alpha value is -1.61. The summed E-state index contributed by atoms with van der Waals surface area (Å²) in [6.07, 6.45) is 5.57. The lowest BCUT2D eigenvalue weighted by atomic mass is 10.1. The normalized spacial score (nSPS) is 16.0. The SMILES string of the molecule is C[C@H](c1ccccc1)N(CC1=CCCC1)C(=O)CO. The highest BCUT2D eigenvalue weighted by atomic mass is 16.3. The maximum Gasteiger partial charge on any atom is 0.249 e. The average Bonchev–Trinajstić information content (AvgIpc) is 2.97. The molecule has 0 saturated heterocycles. The second-order valence-corrected chi connectivity index (χ2v) is 5.02. The maximum atomic E-state index is 12.0. The monoisotopic (exact) mass is 259 g/mol. The van der Waals surface area contributed by atoms with Crippen LogP contribution in [0.2, 0.25) is 0 Å². The summed E-state index contributed by atoms with van der Waals surface area (Å²) in [5, 5.41) is 9.16. The molecule has 1 aromatic carbocycles. The van der Waals surface area contributed by atoms with Crippen molar-refractivity contribution < 1.29 is 9.90 Å². The summed E-state index contributed by atoms with van der Waals surface area (Å²) in [5.74, 6) is -0.204. The highest BCUT2D eigenvalue weighted by Gasteiger charge is 2.22. The first kappa shape index (κ1) is 13.8. The Morgan fingerprint density at radius 3 is 2.68 bits per heavy atom. The van der Waals surface area contributed by atoms with Crippen LogP contribution >= 0.6 is 0 Å². The molecule has 0 spiro atoms. The molecule has 19 heavy (non-hydrogen) atoms. The molecule has 0 fully saturated rings. The number of rotatable bonds is 5. The van der Waals surface area contributed by atoms with Gasteiger partial charge in [-0.2, -0.15) is 0 Å². The Balaban J connectivity index is 2.15. The minimum Gasteiger partial charge on any atom is -0.387 e. The van der Waals surface area contributed by atoms with Crippen LogP contribution in [0.3, 0.4) is 0 Å². The van der Waals surface area contributed by atoms with Gasteiger partial charge in [-0.1, -0.05) is 42.0 Å². The Morgan fingerprint density at radius 1 is 1.37 bits per heavy atom. The number of amides is 1. The molecule has 0 heterocycles. The van der Waals surface area contributed by atoms with Gasteiger partial charge in [0.1, 0.15) is 6.61 Å². The molecule has 0 saturated carbocycles. The molecule has 102 valence electrons. The van der Waals surface area contributed by atoms with E-state index in [1.165, 1.54) is 12.0 Å². The van der Waals surface area contributed by atoms with Crippen LogP contribution in [-0.4, -0.2) is 29.1 Å².